The molecule has 0 saturated carbocycles. The van der Waals surface area contributed by atoms with Crippen molar-refractivity contribution in [2.24, 2.45) is 0 Å². The van der Waals surface area contributed by atoms with E-state index in [0.717, 1.165) is 5.69 Å². The molecule has 1 aliphatic rings. The molecular weight excluding hydrogens is 410 g/mol. The Balaban J connectivity index is 1.79. The second kappa shape index (κ2) is 8.19. The Morgan fingerprint density at radius 1 is 0.935 bits per heavy atom. The van der Waals surface area contributed by atoms with Gasteiger partial charge in [0.15, 0.2) is 0 Å². The number of rotatable bonds is 5. The Kier molecular flexibility index (Phi) is 5.27. The van der Waals surface area contributed by atoms with E-state index in [1.54, 1.807) is 10.9 Å². The number of nitrogens with zero attached hydrogens (tertiary/aromatic N) is 2. The van der Waals surface area contributed by atoms with Gasteiger partial charge in [0.25, 0.3) is 11.8 Å². The molecule has 3 aromatic rings. The normalized spacial score (nSPS) is 13.8. The van der Waals surface area contributed by atoms with E-state index in [2.05, 4.69) is 9.84 Å². The fourth-order valence-corrected chi connectivity index (χ4v) is 2.99. The molecule has 8 nitrogen and oxygen atoms in total. The summed E-state index contributed by atoms with van der Waals surface area (Å²) < 4.78 is 30.7. The molecule has 1 saturated heterocycles. The van der Waals surface area contributed by atoms with Crippen LogP contribution in [0.5, 0.6) is 5.75 Å². The molecule has 1 fully saturated rings. The summed E-state index contributed by atoms with van der Waals surface area (Å²) in [5, 5.41) is 8.55. The predicted octanol–water partition coefficient (Wildman–Crippen LogP) is 2.89. The number of alkyl halides is 2. The number of carbonyl (C=O) groups excluding carboxylic acids is 3. The summed E-state index contributed by atoms with van der Waals surface area (Å²) >= 11 is 0. The van der Waals surface area contributed by atoms with Crippen LogP contribution in [0, 0.1) is 0 Å². The zero-order valence-corrected chi connectivity index (χ0v) is 15.7. The number of imide groups is 2. The van der Waals surface area contributed by atoms with Gasteiger partial charge in [0, 0.05) is 17.3 Å². The number of hydrogen-bond donors (Lipinski definition) is 2. The van der Waals surface area contributed by atoms with Crippen molar-refractivity contribution in [2.45, 2.75) is 6.61 Å². The van der Waals surface area contributed by atoms with Crippen molar-refractivity contribution < 1.29 is 27.9 Å². The van der Waals surface area contributed by atoms with Crippen LogP contribution in [0.25, 0.3) is 23.0 Å². The van der Waals surface area contributed by atoms with Crippen LogP contribution in [0.3, 0.4) is 0 Å². The average molecular weight is 424 g/mol. The molecule has 1 aromatic heterocycles. The number of ether oxygens (including phenoxy) is 1. The maximum absolute atomic E-state index is 12.4. The second-order valence-electron chi connectivity index (χ2n) is 6.41. The highest BCUT2D eigenvalue weighted by molar-refractivity contribution is 6.31. The van der Waals surface area contributed by atoms with Crippen molar-refractivity contribution in [2.75, 3.05) is 0 Å². The summed E-state index contributed by atoms with van der Waals surface area (Å²) in [6.07, 6.45) is 2.92. The summed E-state index contributed by atoms with van der Waals surface area (Å²) in [6.45, 7) is -2.95. The van der Waals surface area contributed by atoms with E-state index < -0.39 is 24.5 Å². The van der Waals surface area contributed by atoms with Crippen molar-refractivity contribution >= 4 is 23.9 Å². The van der Waals surface area contributed by atoms with Gasteiger partial charge in [-0.2, -0.15) is 13.9 Å². The van der Waals surface area contributed by atoms with Crippen LogP contribution >= 0.6 is 0 Å². The third kappa shape index (κ3) is 4.32. The van der Waals surface area contributed by atoms with Gasteiger partial charge in [-0.15, -0.1) is 0 Å². The first-order valence-corrected chi connectivity index (χ1v) is 8.99. The molecule has 31 heavy (non-hydrogen) atoms. The SMILES string of the molecule is O=C1NC(=O)C(=Cc2cn(-c3ccccc3)nc2-c2ccc(OC(F)F)cc2)C(=O)N1. The molecule has 1 aliphatic heterocycles. The first-order chi connectivity index (χ1) is 14.9. The minimum atomic E-state index is -2.95. The van der Waals surface area contributed by atoms with Crippen molar-refractivity contribution in [1.82, 2.24) is 20.4 Å². The average Bonchev–Trinajstić information content (AvgIpc) is 3.15. The number of para-hydroxylation sites is 1. The van der Waals surface area contributed by atoms with Crippen molar-refractivity contribution in [3.63, 3.8) is 0 Å². The molecule has 2 aromatic carbocycles. The van der Waals surface area contributed by atoms with Gasteiger partial charge in [-0.3, -0.25) is 20.2 Å². The Bertz CT molecular complexity index is 1170. The maximum Gasteiger partial charge on any atom is 0.387 e. The fourth-order valence-electron chi connectivity index (χ4n) is 2.99. The second-order valence-corrected chi connectivity index (χ2v) is 6.41. The Hall–Kier alpha value is -4.34. The number of urea groups is 1. The third-order valence-corrected chi connectivity index (χ3v) is 4.36. The predicted molar refractivity (Wildman–Crippen MR) is 105 cm³/mol. The van der Waals surface area contributed by atoms with Gasteiger partial charge in [-0.05, 0) is 42.5 Å². The summed E-state index contributed by atoms with van der Waals surface area (Å²) in [7, 11) is 0. The molecule has 0 atom stereocenters. The zero-order chi connectivity index (χ0) is 22.0. The largest absolute Gasteiger partial charge is 0.435 e. The van der Waals surface area contributed by atoms with Crippen LogP contribution < -0.4 is 15.4 Å². The van der Waals surface area contributed by atoms with Gasteiger partial charge in [0.1, 0.15) is 11.3 Å². The molecule has 4 amide bonds. The standard InChI is InChI=1S/C21H14F2N4O4/c22-20(23)31-15-8-6-12(7-9-15)17-13(10-16-18(28)24-21(30)25-19(16)29)11-27(26-17)14-4-2-1-3-5-14/h1-11,20H,(H2,24,25,28,29,30). The van der Waals surface area contributed by atoms with Crippen molar-refractivity contribution in [3.8, 4) is 22.7 Å². The number of halogens is 2. The smallest absolute Gasteiger partial charge is 0.387 e. The first-order valence-electron chi connectivity index (χ1n) is 8.99. The summed E-state index contributed by atoms with van der Waals surface area (Å²) in [5.41, 5.74) is 1.78. The minimum Gasteiger partial charge on any atom is -0.435 e. The van der Waals surface area contributed by atoms with E-state index in [1.807, 2.05) is 41.0 Å². The molecule has 2 N–H and O–H groups in total. The number of nitrogens with one attached hydrogen (secondary N) is 2. The number of carbonyl (C=O) groups is 3. The number of amides is 4. The summed E-state index contributed by atoms with van der Waals surface area (Å²) in [6, 6.07) is 14.0. The Morgan fingerprint density at radius 3 is 2.19 bits per heavy atom. The highest BCUT2D eigenvalue weighted by atomic mass is 19.3. The quantitative estimate of drug-likeness (QED) is 0.484. The Morgan fingerprint density at radius 2 is 1.58 bits per heavy atom. The van der Waals surface area contributed by atoms with Crippen molar-refractivity contribution in [3.05, 3.63) is 71.9 Å². The van der Waals surface area contributed by atoms with Gasteiger partial charge < -0.3 is 4.74 Å². The summed E-state index contributed by atoms with van der Waals surface area (Å²) in [4.78, 5) is 35.5. The number of aromatic nitrogens is 2. The molecule has 156 valence electrons. The molecular formula is C21H14F2N4O4. The van der Waals surface area contributed by atoms with Crippen LogP contribution in [-0.2, 0) is 9.59 Å². The van der Waals surface area contributed by atoms with E-state index in [-0.39, 0.29) is 11.3 Å². The molecule has 0 radical (unpaired) electrons. The topological polar surface area (TPSA) is 102 Å². The molecule has 0 unspecified atom stereocenters. The van der Waals surface area contributed by atoms with E-state index in [9.17, 15) is 23.2 Å². The van der Waals surface area contributed by atoms with Gasteiger partial charge in [0.05, 0.1) is 11.4 Å². The molecule has 0 aliphatic carbocycles. The van der Waals surface area contributed by atoms with Crippen LogP contribution in [0.4, 0.5) is 13.6 Å². The molecule has 4 rings (SSSR count). The van der Waals surface area contributed by atoms with E-state index >= 15 is 0 Å². The molecule has 0 bridgehead atoms. The maximum atomic E-state index is 12.4. The van der Waals surface area contributed by atoms with E-state index in [0.29, 0.717) is 16.8 Å². The Labute approximate surface area is 174 Å². The monoisotopic (exact) mass is 424 g/mol. The third-order valence-electron chi connectivity index (χ3n) is 4.36. The van der Waals surface area contributed by atoms with Crippen LogP contribution in [0.1, 0.15) is 5.56 Å². The van der Waals surface area contributed by atoms with Crippen LogP contribution in [-0.4, -0.2) is 34.2 Å². The molecule has 2 heterocycles. The molecule has 0 spiro atoms. The lowest BCUT2D eigenvalue weighted by atomic mass is 10.0. The number of benzene rings is 2. The summed E-state index contributed by atoms with van der Waals surface area (Å²) in [5.74, 6) is -1.70. The van der Waals surface area contributed by atoms with E-state index in [1.165, 1.54) is 30.3 Å². The van der Waals surface area contributed by atoms with E-state index in [4.69, 9.17) is 0 Å². The highest BCUT2D eigenvalue weighted by Crippen LogP contribution is 2.28. The lowest BCUT2D eigenvalue weighted by Crippen LogP contribution is -2.51. The van der Waals surface area contributed by atoms with Gasteiger partial charge in [-0.1, -0.05) is 18.2 Å². The van der Waals surface area contributed by atoms with Crippen LogP contribution in [0.15, 0.2) is 66.4 Å². The van der Waals surface area contributed by atoms with Gasteiger partial charge in [-0.25, -0.2) is 9.48 Å². The van der Waals surface area contributed by atoms with Crippen LogP contribution in [0.2, 0.25) is 0 Å². The zero-order valence-electron chi connectivity index (χ0n) is 15.7. The van der Waals surface area contributed by atoms with Gasteiger partial charge in [0.2, 0.25) is 0 Å². The number of hydrogen-bond acceptors (Lipinski definition) is 5. The lowest BCUT2D eigenvalue weighted by molar-refractivity contribution is -0.123. The lowest BCUT2D eigenvalue weighted by Gasteiger charge is -2.13. The number of barbiturate groups is 1. The van der Waals surface area contributed by atoms with Gasteiger partial charge >= 0.3 is 12.6 Å². The molecule has 10 heteroatoms. The highest BCUT2D eigenvalue weighted by Gasteiger charge is 2.28. The van der Waals surface area contributed by atoms with Crippen molar-refractivity contribution in [1.29, 1.82) is 0 Å². The minimum absolute atomic E-state index is 0.0225. The first kappa shape index (κ1) is 20.0. The fraction of sp³-hybridized carbons (Fsp3) is 0.0476.